The van der Waals surface area contributed by atoms with Crippen LogP contribution in [0.2, 0.25) is 0 Å². The zero-order valence-corrected chi connectivity index (χ0v) is 13.5. The number of nitrogens with two attached hydrogens (primary N) is 1. The zero-order valence-electron chi connectivity index (χ0n) is 13.5. The fourth-order valence-electron chi connectivity index (χ4n) is 3.21. The van der Waals surface area contributed by atoms with Crippen molar-refractivity contribution in [2.45, 2.75) is 58.0 Å². The van der Waals surface area contributed by atoms with Gasteiger partial charge in [-0.3, -0.25) is 4.79 Å². The molecular formula is C18H28N2O. The van der Waals surface area contributed by atoms with Crippen molar-refractivity contribution in [3.63, 3.8) is 0 Å². The van der Waals surface area contributed by atoms with Crippen molar-refractivity contribution in [2.24, 2.45) is 11.7 Å². The van der Waals surface area contributed by atoms with Gasteiger partial charge in [0.05, 0.1) is 0 Å². The molecule has 0 spiro atoms. The summed E-state index contributed by atoms with van der Waals surface area (Å²) < 4.78 is 0. The maximum Gasteiger partial charge on any atom is 0.247 e. The minimum absolute atomic E-state index is 0.0642. The van der Waals surface area contributed by atoms with Crippen LogP contribution in [-0.4, -0.2) is 23.4 Å². The lowest BCUT2D eigenvalue weighted by molar-refractivity contribution is -0.139. The Morgan fingerprint density at radius 3 is 2.38 bits per heavy atom. The van der Waals surface area contributed by atoms with Gasteiger partial charge < -0.3 is 10.6 Å². The Balaban J connectivity index is 2.24. The number of hydrogen-bond donors (Lipinski definition) is 1. The Labute approximate surface area is 128 Å². The molecule has 0 heterocycles. The van der Waals surface area contributed by atoms with E-state index in [1.807, 2.05) is 42.2 Å². The quantitative estimate of drug-likeness (QED) is 0.903. The summed E-state index contributed by atoms with van der Waals surface area (Å²) in [5.74, 6) is 0.524. The zero-order chi connectivity index (χ0) is 15.5. The number of amides is 1. The average Bonchev–Trinajstić information content (AvgIpc) is 2.98. The van der Waals surface area contributed by atoms with Gasteiger partial charge in [0.25, 0.3) is 0 Å². The fraction of sp³-hybridized carbons (Fsp3) is 0.611. The lowest BCUT2D eigenvalue weighted by atomic mass is 9.90. The first kappa shape index (κ1) is 16.0. The highest BCUT2D eigenvalue weighted by atomic mass is 16.2. The summed E-state index contributed by atoms with van der Waals surface area (Å²) in [6, 6.07) is 10.1. The van der Waals surface area contributed by atoms with Crippen molar-refractivity contribution < 1.29 is 4.79 Å². The van der Waals surface area contributed by atoms with Crippen molar-refractivity contribution in [1.82, 2.24) is 4.90 Å². The van der Waals surface area contributed by atoms with Gasteiger partial charge in [-0.25, -0.2) is 0 Å². The van der Waals surface area contributed by atoms with Crippen LogP contribution in [-0.2, 0) is 10.3 Å². The topological polar surface area (TPSA) is 46.3 Å². The Kier molecular flexibility index (Phi) is 5.04. The Morgan fingerprint density at radius 2 is 1.86 bits per heavy atom. The van der Waals surface area contributed by atoms with Crippen LogP contribution in [0.1, 0.15) is 52.0 Å². The summed E-state index contributed by atoms with van der Waals surface area (Å²) in [5.41, 5.74) is 6.38. The highest BCUT2D eigenvalue weighted by Gasteiger charge is 2.38. The van der Waals surface area contributed by atoms with E-state index in [-0.39, 0.29) is 5.91 Å². The lowest BCUT2D eigenvalue weighted by Crippen LogP contribution is -2.54. The molecule has 1 aliphatic rings. The molecule has 1 aliphatic carbocycles. The van der Waals surface area contributed by atoms with E-state index in [9.17, 15) is 4.79 Å². The van der Waals surface area contributed by atoms with E-state index in [1.165, 1.54) is 12.8 Å². The first-order chi connectivity index (χ1) is 9.93. The molecule has 1 aromatic rings. The summed E-state index contributed by atoms with van der Waals surface area (Å²) in [4.78, 5) is 15.1. The molecule has 1 amide bonds. The van der Waals surface area contributed by atoms with Crippen LogP contribution in [0.5, 0.6) is 0 Å². The first-order valence-electron chi connectivity index (χ1n) is 8.08. The monoisotopic (exact) mass is 288 g/mol. The second-order valence-electron chi connectivity index (χ2n) is 6.86. The standard InChI is InChI=1S/C18H28N2O/c1-14(2)13-20(16-11-7-8-12-16)17(21)18(3,19)15-9-5-4-6-10-15/h4-6,9-10,14,16H,7-8,11-13,19H2,1-3H3. The number of rotatable bonds is 5. The van der Waals surface area contributed by atoms with Gasteiger partial charge in [0, 0.05) is 12.6 Å². The minimum Gasteiger partial charge on any atom is -0.338 e. The molecule has 116 valence electrons. The van der Waals surface area contributed by atoms with Crippen LogP contribution in [0.15, 0.2) is 30.3 Å². The molecule has 3 nitrogen and oxygen atoms in total. The molecule has 0 saturated heterocycles. The van der Waals surface area contributed by atoms with Crippen molar-refractivity contribution in [1.29, 1.82) is 0 Å². The lowest BCUT2D eigenvalue weighted by Gasteiger charge is -2.37. The third-order valence-corrected chi connectivity index (χ3v) is 4.41. The summed E-state index contributed by atoms with van der Waals surface area (Å²) >= 11 is 0. The number of hydrogen-bond acceptors (Lipinski definition) is 2. The molecule has 21 heavy (non-hydrogen) atoms. The predicted octanol–water partition coefficient (Wildman–Crippen LogP) is 3.29. The molecule has 1 atom stereocenters. The molecule has 0 radical (unpaired) electrons. The maximum atomic E-state index is 13.1. The highest BCUT2D eigenvalue weighted by molar-refractivity contribution is 5.87. The summed E-state index contributed by atoms with van der Waals surface area (Å²) in [6.07, 6.45) is 4.67. The molecule has 2 N–H and O–H groups in total. The van der Waals surface area contributed by atoms with Crippen molar-refractivity contribution in [2.75, 3.05) is 6.54 Å². The van der Waals surface area contributed by atoms with E-state index >= 15 is 0 Å². The number of carbonyl (C=O) groups excluding carboxylic acids is 1. The van der Waals surface area contributed by atoms with Crippen LogP contribution in [0, 0.1) is 5.92 Å². The third-order valence-electron chi connectivity index (χ3n) is 4.41. The van der Waals surface area contributed by atoms with Crippen LogP contribution in [0.3, 0.4) is 0 Å². The Bertz CT molecular complexity index is 461. The Morgan fingerprint density at radius 1 is 1.29 bits per heavy atom. The van der Waals surface area contributed by atoms with Crippen LogP contribution in [0.25, 0.3) is 0 Å². The van der Waals surface area contributed by atoms with Gasteiger partial charge >= 0.3 is 0 Å². The molecule has 0 aromatic heterocycles. The normalized spacial score (nSPS) is 18.7. The largest absolute Gasteiger partial charge is 0.338 e. The van der Waals surface area contributed by atoms with E-state index in [1.54, 1.807) is 0 Å². The third kappa shape index (κ3) is 3.65. The SMILES string of the molecule is CC(C)CN(C(=O)C(C)(N)c1ccccc1)C1CCCC1. The van der Waals surface area contributed by atoms with Gasteiger partial charge in [0.1, 0.15) is 5.54 Å². The minimum atomic E-state index is -0.946. The molecule has 1 fully saturated rings. The molecule has 1 aromatic carbocycles. The second kappa shape index (κ2) is 6.61. The van der Waals surface area contributed by atoms with Crippen LogP contribution < -0.4 is 5.73 Å². The van der Waals surface area contributed by atoms with E-state index in [4.69, 9.17) is 5.73 Å². The van der Waals surface area contributed by atoms with Crippen molar-refractivity contribution >= 4 is 5.91 Å². The van der Waals surface area contributed by atoms with E-state index in [0.717, 1.165) is 24.9 Å². The Hall–Kier alpha value is -1.35. The van der Waals surface area contributed by atoms with E-state index in [0.29, 0.717) is 12.0 Å². The molecule has 0 aliphatic heterocycles. The average molecular weight is 288 g/mol. The first-order valence-corrected chi connectivity index (χ1v) is 8.08. The van der Waals surface area contributed by atoms with E-state index in [2.05, 4.69) is 13.8 Å². The second-order valence-corrected chi connectivity index (χ2v) is 6.86. The van der Waals surface area contributed by atoms with Crippen LogP contribution >= 0.6 is 0 Å². The van der Waals surface area contributed by atoms with Crippen LogP contribution in [0.4, 0.5) is 0 Å². The summed E-state index contributed by atoms with van der Waals surface area (Å²) in [6.45, 7) is 6.95. The van der Waals surface area contributed by atoms with E-state index < -0.39 is 5.54 Å². The number of nitrogens with zero attached hydrogens (tertiary/aromatic N) is 1. The van der Waals surface area contributed by atoms with Crippen molar-refractivity contribution in [3.8, 4) is 0 Å². The molecular weight excluding hydrogens is 260 g/mol. The molecule has 0 bridgehead atoms. The summed E-state index contributed by atoms with van der Waals surface area (Å²) in [7, 11) is 0. The highest BCUT2D eigenvalue weighted by Crippen LogP contribution is 2.29. The molecule has 2 rings (SSSR count). The molecule has 3 heteroatoms. The van der Waals surface area contributed by atoms with Gasteiger partial charge in [0.2, 0.25) is 5.91 Å². The van der Waals surface area contributed by atoms with Crippen molar-refractivity contribution in [3.05, 3.63) is 35.9 Å². The maximum absolute atomic E-state index is 13.1. The number of benzene rings is 1. The molecule has 1 saturated carbocycles. The summed E-state index contributed by atoms with van der Waals surface area (Å²) in [5, 5.41) is 0. The van der Waals surface area contributed by atoms with Gasteiger partial charge in [-0.1, -0.05) is 57.0 Å². The van der Waals surface area contributed by atoms with Gasteiger partial charge in [-0.2, -0.15) is 0 Å². The smallest absolute Gasteiger partial charge is 0.247 e. The molecule has 1 unspecified atom stereocenters. The van der Waals surface area contributed by atoms with Gasteiger partial charge in [-0.05, 0) is 31.2 Å². The van der Waals surface area contributed by atoms with Gasteiger partial charge in [0.15, 0.2) is 0 Å². The fourth-order valence-corrected chi connectivity index (χ4v) is 3.21. The number of carbonyl (C=O) groups is 1. The van der Waals surface area contributed by atoms with Gasteiger partial charge in [-0.15, -0.1) is 0 Å². The predicted molar refractivity (Wildman–Crippen MR) is 86.8 cm³/mol.